The van der Waals surface area contributed by atoms with Crippen molar-refractivity contribution in [1.82, 2.24) is 14.9 Å². The number of hydrogen-bond acceptors (Lipinski definition) is 4. The van der Waals surface area contributed by atoms with Crippen LogP contribution < -0.4 is 10.2 Å². The van der Waals surface area contributed by atoms with Crippen molar-refractivity contribution in [1.29, 1.82) is 0 Å². The Kier molecular flexibility index (Phi) is 6.07. The van der Waals surface area contributed by atoms with Crippen LogP contribution in [-0.4, -0.2) is 47.1 Å². The van der Waals surface area contributed by atoms with Gasteiger partial charge in [0.25, 0.3) is 0 Å². The molecule has 2 heterocycles. The zero-order chi connectivity index (χ0) is 23.7. The van der Waals surface area contributed by atoms with E-state index in [1.165, 1.54) is 0 Å². The molecule has 3 aromatic carbocycles. The quantitative estimate of drug-likeness (QED) is 0.403. The fraction of sp³-hybridized carbons (Fsp3) is 0.222. The third kappa shape index (κ3) is 4.41. The number of fused-ring (bicyclic) bond motifs is 1. The highest BCUT2D eigenvalue weighted by molar-refractivity contribution is 6.30. The Bertz CT molecular complexity index is 1340. The number of rotatable bonds is 3. The number of amides is 2. The highest BCUT2D eigenvalue weighted by atomic mass is 35.5. The highest BCUT2D eigenvalue weighted by Gasteiger charge is 2.24. The number of piperazine rings is 1. The van der Waals surface area contributed by atoms with Crippen molar-refractivity contribution in [2.75, 3.05) is 36.4 Å². The predicted octanol–water partition coefficient (Wildman–Crippen LogP) is 5.92. The molecule has 1 aliphatic heterocycles. The number of aromatic nitrogens is 2. The minimum Gasteiger partial charge on any atom is -0.353 e. The van der Waals surface area contributed by atoms with E-state index in [9.17, 15) is 4.79 Å². The molecule has 0 spiro atoms. The van der Waals surface area contributed by atoms with Crippen molar-refractivity contribution >= 4 is 39.9 Å². The number of carbonyl (C=O) groups is 1. The van der Waals surface area contributed by atoms with E-state index in [1.54, 1.807) is 0 Å². The second-order valence-electron chi connectivity index (χ2n) is 8.52. The molecule has 34 heavy (non-hydrogen) atoms. The summed E-state index contributed by atoms with van der Waals surface area (Å²) in [6, 6.07) is 21.5. The van der Waals surface area contributed by atoms with Gasteiger partial charge in [-0.3, -0.25) is 0 Å². The van der Waals surface area contributed by atoms with Crippen LogP contribution in [0.25, 0.3) is 22.2 Å². The van der Waals surface area contributed by atoms with Gasteiger partial charge in [0.1, 0.15) is 5.82 Å². The molecule has 1 fully saturated rings. The number of aryl methyl sites for hydroxylation is 1. The zero-order valence-electron chi connectivity index (χ0n) is 19.3. The number of benzene rings is 3. The molecule has 172 valence electrons. The Morgan fingerprint density at radius 1 is 0.882 bits per heavy atom. The van der Waals surface area contributed by atoms with E-state index in [4.69, 9.17) is 16.6 Å². The van der Waals surface area contributed by atoms with E-state index in [2.05, 4.69) is 22.1 Å². The normalized spacial score (nSPS) is 13.9. The summed E-state index contributed by atoms with van der Waals surface area (Å²) in [6.07, 6.45) is 0. The maximum Gasteiger partial charge on any atom is 0.321 e. The summed E-state index contributed by atoms with van der Waals surface area (Å²) in [5.74, 6) is 1.61. The largest absolute Gasteiger partial charge is 0.353 e. The molecule has 1 N–H and O–H groups in total. The number of carbonyl (C=O) groups excluding carboxylic acids is 1. The Morgan fingerprint density at radius 2 is 1.59 bits per heavy atom. The number of nitrogens with zero attached hydrogens (tertiary/aromatic N) is 4. The van der Waals surface area contributed by atoms with Gasteiger partial charge in [0.05, 0.1) is 5.69 Å². The lowest BCUT2D eigenvalue weighted by atomic mass is 10.1. The van der Waals surface area contributed by atoms with Gasteiger partial charge >= 0.3 is 6.03 Å². The molecule has 7 heteroatoms. The van der Waals surface area contributed by atoms with Crippen LogP contribution in [0.2, 0.25) is 5.02 Å². The van der Waals surface area contributed by atoms with Crippen LogP contribution in [0.4, 0.5) is 16.3 Å². The summed E-state index contributed by atoms with van der Waals surface area (Å²) in [7, 11) is 0. The third-order valence-electron chi connectivity index (χ3n) is 6.36. The fourth-order valence-corrected chi connectivity index (χ4v) is 4.43. The second kappa shape index (κ2) is 9.31. The van der Waals surface area contributed by atoms with Gasteiger partial charge in [0, 0.05) is 53.4 Å². The van der Waals surface area contributed by atoms with E-state index in [0.29, 0.717) is 37.0 Å². The van der Waals surface area contributed by atoms with Gasteiger partial charge in [-0.1, -0.05) is 48.0 Å². The number of hydrogen-bond donors (Lipinski definition) is 1. The first-order valence-electron chi connectivity index (χ1n) is 11.4. The van der Waals surface area contributed by atoms with Crippen molar-refractivity contribution in [3.8, 4) is 11.4 Å². The number of urea groups is 1. The molecule has 1 saturated heterocycles. The maximum atomic E-state index is 13.0. The van der Waals surface area contributed by atoms with Gasteiger partial charge < -0.3 is 15.1 Å². The van der Waals surface area contributed by atoms with E-state index in [-0.39, 0.29) is 6.03 Å². The van der Waals surface area contributed by atoms with Gasteiger partial charge in [-0.05, 0) is 49.6 Å². The van der Waals surface area contributed by atoms with E-state index < -0.39 is 0 Å². The first-order valence-corrected chi connectivity index (χ1v) is 11.8. The number of anilines is 2. The molecule has 0 aliphatic carbocycles. The maximum absolute atomic E-state index is 13.0. The summed E-state index contributed by atoms with van der Waals surface area (Å²) >= 11 is 6.04. The van der Waals surface area contributed by atoms with Crippen LogP contribution in [0.3, 0.4) is 0 Å². The van der Waals surface area contributed by atoms with E-state index in [0.717, 1.165) is 39.1 Å². The molecule has 6 nitrogen and oxygen atoms in total. The topological polar surface area (TPSA) is 61.4 Å². The molecule has 2 amide bonds. The molecular formula is C27H26ClN5O. The van der Waals surface area contributed by atoms with Crippen molar-refractivity contribution < 1.29 is 4.79 Å². The summed E-state index contributed by atoms with van der Waals surface area (Å²) in [5, 5.41) is 5.93. The minimum absolute atomic E-state index is 0.0755. The van der Waals surface area contributed by atoms with Crippen molar-refractivity contribution in [3.05, 3.63) is 83.0 Å². The average molecular weight is 472 g/mol. The summed E-state index contributed by atoms with van der Waals surface area (Å²) in [4.78, 5) is 26.7. The van der Waals surface area contributed by atoms with Crippen LogP contribution in [0.15, 0.2) is 66.7 Å². The Balaban J connectivity index is 1.30. The van der Waals surface area contributed by atoms with E-state index in [1.807, 2.05) is 78.6 Å². The second-order valence-corrected chi connectivity index (χ2v) is 8.96. The fourth-order valence-electron chi connectivity index (χ4n) is 4.30. The first kappa shape index (κ1) is 22.2. The lowest BCUT2D eigenvalue weighted by Gasteiger charge is -2.36. The Hall–Kier alpha value is -3.64. The predicted molar refractivity (Wildman–Crippen MR) is 139 cm³/mol. The van der Waals surface area contributed by atoms with Crippen LogP contribution in [0.5, 0.6) is 0 Å². The smallest absolute Gasteiger partial charge is 0.321 e. The van der Waals surface area contributed by atoms with Gasteiger partial charge in [0.2, 0.25) is 0 Å². The molecule has 1 aliphatic rings. The first-order chi connectivity index (χ1) is 16.5. The van der Waals surface area contributed by atoms with Crippen LogP contribution in [0, 0.1) is 13.8 Å². The minimum atomic E-state index is -0.0755. The zero-order valence-corrected chi connectivity index (χ0v) is 20.0. The molecule has 0 unspecified atom stereocenters. The summed E-state index contributed by atoms with van der Waals surface area (Å²) in [6.45, 7) is 6.72. The molecule has 4 aromatic rings. The van der Waals surface area contributed by atoms with Gasteiger partial charge in [0.15, 0.2) is 5.82 Å². The Labute approximate surface area is 204 Å². The van der Waals surface area contributed by atoms with Crippen LogP contribution in [0.1, 0.15) is 11.3 Å². The summed E-state index contributed by atoms with van der Waals surface area (Å²) < 4.78 is 0. The highest BCUT2D eigenvalue weighted by Crippen LogP contribution is 2.27. The van der Waals surface area contributed by atoms with Crippen molar-refractivity contribution in [3.63, 3.8) is 0 Å². The Morgan fingerprint density at radius 3 is 2.35 bits per heavy atom. The SMILES string of the molecule is Cc1nc(-c2ccc(Cl)cc2)nc(N2CCN(C(=O)Nc3cccc4ccccc34)CC2)c1C. The summed E-state index contributed by atoms with van der Waals surface area (Å²) in [5.41, 5.74) is 3.78. The molecule has 0 radical (unpaired) electrons. The third-order valence-corrected chi connectivity index (χ3v) is 6.62. The molecule has 5 rings (SSSR count). The molecule has 1 aromatic heterocycles. The van der Waals surface area contributed by atoms with Crippen LogP contribution in [-0.2, 0) is 0 Å². The number of halogens is 1. The van der Waals surface area contributed by atoms with Crippen LogP contribution >= 0.6 is 11.6 Å². The van der Waals surface area contributed by atoms with Gasteiger partial charge in [-0.2, -0.15) is 0 Å². The standard InChI is InChI=1S/C27H26ClN5O/c1-18-19(2)29-25(21-10-12-22(28)13-11-21)31-26(18)32-14-16-33(17-15-32)27(34)30-24-9-5-7-20-6-3-4-8-23(20)24/h3-13H,14-17H2,1-2H3,(H,30,34). The van der Waals surface area contributed by atoms with Crippen molar-refractivity contribution in [2.45, 2.75) is 13.8 Å². The van der Waals surface area contributed by atoms with Gasteiger partial charge in [-0.25, -0.2) is 14.8 Å². The van der Waals surface area contributed by atoms with Crippen molar-refractivity contribution in [2.24, 2.45) is 0 Å². The van der Waals surface area contributed by atoms with Gasteiger partial charge in [-0.15, -0.1) is 0 Å². The lowest BCUT2D eigenvalue weighted by Crippen LogP contribution is -2.50. The number of nitrogens with one attached hydrogen (secondary N) is 1. The monoisotopic (exact) mass is 471 g/mol. The molecule has 0 bridgehead atoms. The molecule has 0 saturated carbocycles. The van der Waals surface area contributed by atoms with E-state index >= 15 is 0 Å². The lowest BCUT2D eigenvalue weighted by molar-refractivity contribution is 0.208. The molecular weight excluding hydrogens is 446 g/mol. The molecule has 0 atom stereocenters. The average Bonchev–Trinajstić information content (AvgIpc) is 2.86.